The summed E-state index contributed by atoms with van der Waals surface area (Å²) in [5, 5.41) is 7.76. The third-order valence-electron chi connectivity index (χ3n) is 5.04. The summed E-state index contributed by atoms with van der Waals surface area (Å²) in [6.07, 6.45) is 7.28. The summed E-state index contributed by atoms with van der Waals surface area (Å²) >= 11 is 0. The van der Waals surface area contributed by atoms with E-state index >= 15 is 0 Å². The highest BCUT2D eigenvalue weighted by molar-refractivity contribution is 5.78. The van der Waals surface area contributed by atoms with Crippen molar-refractivity contribution in [2.75, 3.05) is 0 Å². The number of hydrogen-bond donors (Lipinski definition) is 1. The molecule has 0 unspecified atom stereocenters. The molecule has 1 aliphatic rings. The lowest BCUT2D eigenvalue weighted by molar-refractivity contribution is -0.122. The van der Waals surface area contributed by atoms with E-state index in [-0.39, 0.29) is 24.1 Å². The van der Waals surface area contributed by atoms with E-state index in [4.69, 9.17) is 0 Å². The molecule has 7 heteroatoms. The molecule has 0 spiro atoms. The number of hydrogen-bond acceptors (Lipinski definition) is 4. The number of nitrogens with one attached hydrogen (secondary N) is 1. The minimum Gasteiger partial charge on any atom is -0.352 e. The molecule has 7 nitrogen and oxygen atoms in total. The molecular weight excluding hydrogens is 342 g/mol. The van der Waals surface area contributed by atoms with Gasteiger partial charge in [0, 0.05) is 6.04 Å². The predicted molar refractivity (Wildman–Crippen MR) is 103 cm³/mol. The van der Waals surface area contributed by atoms with Gasteiger partial charge in [-0.3, -0.25) is 14.2 Å². The molecule has 0 aliphatic heterocycles. The number of carbonyl (C=O) groups is 1. The third kappa shape index (κ3) is 3.49. The van der Waals surface area contributed by atoms with Crippen molar-refractivity contribution in [2.45, 2.75) is 52.1 Å². The Labute approximate surface area is 157 Å². The van der Waals surface area contributed by atoms with Crippen LogP contribution in [0, 0.1) is 13.8 Å². The van der Waals surface area contributed by atoms with Gasteiger partial charge in [-0.1, -0.05) is 18.9 Å². The highest BCUT2D eigenvalue weighted by atomic mass is 16.2. The molecule has 1 fully saturated rings. The molecule has 140 valence electrons. The second-order valence-corrected chi connectivity index (χ2v) is 7.37. The van der Waals surface area contributed by atoms with Crippen molar-refractivity contribution in [3.63, 3.8) is 0 Å². The van der Waals surface area contributed by atoms with Crippen molar-refractivity contribution >= 4 is 16.9 Å². The Morgan fingerprint density at radius 2 is 1.89 bits per heavy atom. The van der Waals surface area contributed by atoms with E-state index in [1.807, 2.05) is 26.0 Å². The number of benzene rings is 1. The smallest absolute Gasteiger partial charge is 0.264 e. The minimum absolute atomic E-state index is 0.0208. The Balaban J connectivity index is 1.63. The fourth-order valence-electron chi connectivity index (χ4n) is 3.82. The highest BCUT2D eigenvalue weighted by Gasteiger charge is 2.18. The molecule has 0 radical (unpaired) electrons. The molecule has 2 aromatic heterocycles. The van der Waals surface area contributed by atoms with E-state index in [1.54, 1.807) is 4.68 Å². The first-order valence-corrected chi connectivity index (χ1v) is 9.32. The van der Waals surface area contributed by atoms with E-state index in [0.29, 0.717) is 11.0 Å². The van der Waals surface area contributed by atoms with Crippen LogP contribution in [0.1, 0.15) is 36.8 Å². The Morgan fingerprint density at radius 1 is 1.19 bits per heavy atom. The van der Waals surface area contributed by atoms with Crippen LogP contribution in [0.2, 0.25) is 0 Å². The molecule has 0 saturated heterocycles. The number of nitrogens with zero attached hydrogens (tertiary/aromatic N) is 4. The molecule has 3 aromatic rings. The fraction of sp³-hybridized carbons (Fsp3) is 0.400. The first-order chi connectivity index (χ1) is 13.0. The number of carbonyl (C=O) groups excluding carboxylic acids is 1. The number of rotatable bonds is 4. The van der Waals surface area contributed by atoms with Gasteiger partial charge in [-0.2, -0.15) is 5.10 Å². The van der Waals surface area contributed by atoms with Crippen LogP contribution < -0.4 is 10.9 Å². The Hall–Kier alpha value is -2.96. The number of aromatic nitrogens is 4. The molecule has 1 N–H and O–H groups in total. The topological polar surface area (TPSA) is 81.8 Å². The van der Waals surface area contributed by atoms with Crippen molar-refractivity contribution in [1.82, 2.24) is 24.6 Å². The number of aryl methyl sites for hydroxylation is 2. The molecule has 1 amide bonds. The van der Waals surface area contributed by atoms with Gasteiger partial charge in [-0.15, -0.1) is 0 Å². The zero-order chi connectivity index (χ0) is 19.0. The van der Waals surface area contributed by atoms with Crippen LogP contribution in [-0.2, 0) is 11.3 Å². The van der Waals surface area contributed by atoms with Crippen molar-refractivity contribution < 1.29 is 4.79 Å². The van der Waals surface area contributed by atoms with E-state index < -0.39 is 0 Å². The lowest BCUT2D eigenvalue weighted by Crippen LogP contribution is -2.37. The van der Waals surface area contributed by atoms with Crippen LogP contribution in [0.15, 0.2) is 35.5 Å². The summed E-state index contributed by atoms with van der Waals surface area (Å²) in [5.41, 5.74) is 3.34. The fourth-order valence-corrected chi connectivity index (χ4v) is 3.82. The van der Waals surface area contributed by atoms with Crippen LogP contribution in [0.4, 0.5) is 0 Å². The van der Waals surface area contributed by atoms with Gasteiger partial charge >= 0.3 is 0 Å². The van der Waals surface area contributed by atoms with Crippen molar-refractivity contribution in [3.05, 3.63) is 52.2 Å². The van der Waals surface area contributed by atoms with Crippen LogP contribution in [0.5, 0.6) is 0 Å². The molecule has 0 bridgehead atoms. The average molecular weight is 365 g/mol. The molecule has 1 saturated carbocycles. The summed E-state index contributed by atoms with van der Waals surface area (Å²) in [7, 11) is 0. The van der Waals surface area contributed by atoms with E-state index in [0.717, 1.165) is 42.5 Å². The normalized spacial score (nSPS) is 14.7. The SMILES string of the molecule is Cc1cc(C)cc(-n2ncc3c(=O)n(CC(=O)NC4CCCC4)cnc32)c1. The second-order valence-electron chi connectivity index (χ2n) is 7.37. The zero-order valence-corrected chi connectivity index (χ0v) is 15.6. The van der Waals surface area contributed by atoms with E-state index in [2.05, 4.69) is 21.5 Å². The molecule has 0 atom stereocenters. The quantitative estimate of drug-likeness (QED) is 0.769. The molecule has 1 aromatic carbocycles. The van der Waals surface area contributed by atoms with E-state index in [1.165, 1.54) is 17.1 Å². The molecule has 1 aliphatic carbocycles. The summed E-state index contributed by atoms with van der Waals surface area (Å²) in [6.45, 7) is 4.02. The van der Waals surface area contributed by atoms with Crippen molar-refractivity contribution in [3.8, 4) is 5.69 Å². The molecule has 4 rings (SSSR count). The third-order valence-corrected chi connectivity index (χ3v) is 5.04. The summed E-state index contributed by atoms with van der Waals surface area (Å²) < 4.78 is 3.01. The molecule has 27 heavy (non-hydrogen) atoms. The Morgan fingerprint density at radius 3 is 2.59 bits per heavy atom. The molecule has 2 heterocycles. The van der Waals surface area contributed by atoms with Gasteiger partial charge in [0.1, 0.15) is 18.3 Å². The standard InChI is InChI=1S/C20H23N5O2/c1-13-7-14(2)9-16(8-13)25-19-17(10-22-25)20(27)24(12-21-19)11-18(26)23-15-5-3-4-6-15/h7-10,12,15H,3-6,11H2,1-2H3,(H,23,26). The maximum atomic E-state index is 12.8. The number of amides is 1. The van der Waals surface area contributed by atoms with Gasteiger partial charge < -0.3 is 5.32 Å². The van der Waals surface area contributed by atoms with Crippen LogP contribution in [0.25, 0.3) is 16.7 Å². The summed E-state index contributed by atoms with van der Waals surface area (Å²) in [4.78, 5) is 29.4. The first-order valence-electron chi connectivity index (χ1n) is 9.32. The van der Waals surface area contributed by atoms with Gasteiger partial charge in [-0.05, 0) is 49.9 Å². The minimum atomic E-state index is -0.253. The second kappa shape index (κ2) is 6.98. The van der Waals surface area contributed by atoms with Crippen LogP contribution in [-0.4, -0.2) is 31.3 Å². The lowest BCUT2D eigenvalue weighted by atomic mass is 10.1. The molecular formula is C20H23N5O2. The number of fused-ring (bicyclic) bond motifs is 1. The van der Waals surface area contributed by atoms with Crippen molar-refractivity contribution in [2.24, 2.45) is 0 Å². The average Bonchev–Trinajstić information content (AvgIpc) is 3.26. The maximum Gasteiger partial charge on any atom is 0.264 e. The highest BCUT2D eigenvalue weighted by Crippen LogP contribution is 2.18. The first kappa shape index (κ1) is 17.5. The van der Waals surface area contributed by atoms with Gasteiger partial charge in [0.2, 0.25) is 5.91 Å². The van der Waals surface area contributed by atoms with Gasteiger partial charge in [0.25, 0.3) is 5.56 Å². The monoisotopic (exact) mass is 365 g/mol. The van der Waals surface area contributed by atoms with Crippen LogP contribution >= 0.6 is 0 Å². The summed E-state index contributed by atoms with van der Waals surface area (Å²) in [6, 6.07) is 6.32. The van der Waals surface area contributed by atoms with Gasteiger partial charge in [0.15, 0.2) is 5.65 Å². The largest absolute Gasteiger partial charge is 0.352 e. The van der Waals surface area contributed by atoms with Gasteiger partial charge in [0.05, 0.1) is 11.9 Å². The van der Waals surface area contributed by atoms with Crippen molar-refractivity contribution in [1.29, 1.82) is 0 Å². The lowest BCUT2D eigenvalue weighted by Gasteiger charge is -2.12. The van der Waals surface area contributed by atoms with Crippen LogP contribution in [0.3, 0.4) is 0 Å². The predicted octanol–water partition coefficient (Wildman–Crippen LogP) is 2.26. The Bertz CT molecular complexity index is 1040. The van der Waals surface area contributed by atoms with Gasteiger partial charge in [-0.25, -0.2) is 9.67 Å². The van der Waals surface area contributed by atoms with E-state index in [9.17, 15) is 9.59 Å². The maximum absolute atomic E-state index is 12.8. The summed E-state index contributed by atoms with van der Waals surface area (Å²) in [5.74, 6) is -0.146. The Kier molecular flexibility index (Phi) is 4.51. The zero-order valence-electron chi connectivity index (χ0n) is 15.6.